The number of hydrogen-bond acceptors (Lipinski definition) is 3. The number of likely N-dealkylation sites (N-methyl/N-ethyl adjacent to an activating group) is 1. The van der Waals surface area contributed by atoms with Crippen LogP contribution in [0.4, 0.5) is 5.69 Å². The van der Waals surface area contributed by atoms with Crippen molar-refractivity contribution in [2.75, 3.05) is 38.1 Å². The van der Waals surface area contributed by atoms with Crippen molar-refractivity contribution >= 4 is 17.3 Å². The van der Waals surface area contributed by atoms with Crippen molar-refractivity contribution in [2.24, 2.45) is 5.73 Å². The quantitative estimate of drug-likeness (QED) is 0.920. The number of piperazine rings is 1. The molecule has 4 heteroatoms. The van der Waals surface area contributed by atoms with E-state index in [0.717, 1.165) is 36.6 Å². The molecule has 1 atom stereocenters. The van der Waals surface area contributed by atoms with Gasteiger partial charge in [0.25, 0.3) is 0 Å². The van der Waals surface area contributed by atoms with Crippen LogP contribution in [0.1, 0.15) is 18.9 Å². The first-order valence-electron chi connectivity index (χ1n) is 7.09. The third-order valence-corrected chi connectivity index (χ3v) is 4.42. The van der Waals surface area contributed by atoms with Crippen LogP contribution in [0.2, 0.25) is 5.02 Å². The Morgan fingerprint density at radius 2 is 2.16 bits per heavy atom. The minimum absolute atomic E-state index is 0.635. The van der Waals surface area contributed by atoms with Gasteiger partial charge in [-0.25, -0.2) is 0 Å². The Balaban J connectivity index is 2.11. The van der Waals surface area contributed by atoms with Crippen molar-refractivity contribution in [3.63, 3.8) is 0 Å². The van der Waals surface area contributed by atoms with Crippen molar-refractivity contribution in [3.8, 4) is 0 Å². The van der Waals surface area contributed by atoms with Gasteiger partial charge in [0.2, 0.25) is 0 Å². The number of nitrogens with zero attached hydrogens (tertiary/aromatic N) is 2. The van der Waals surface area contributed by atoms with Crippen LogP contribution < -0.4 is 10.6 Å². The zero-order valence-corrected chi connectivity index (χ0v) is 12.7. The van der Waals surface area contributed by atoms with E-state index in [2.05, 4.69) is 42.0 Å². The smallest absolute Gasteiger partial charge is 0.0459 e. The van der Waals surface area contributed by atoms with Gasteiger partial charge < -0.3 is 10.6 Å². The van der Waals surface area contributed by atoms with Gasteiger partial charge in [0.05, 0.1) is 0 Å². The van der Waals surface area contributed by atoms with Crippen LogP contribution in [0, 0.1) is 0 Å². The summed E-state index contributed by atoms with van der Waals surface area (Å²) in [5.74, 6) is 0. The summed E-state index contributed by atoms with van der Waals surface area (Å²) in [6.07, 6.45) is 2.03. The topological polar surface area (TPSA) is 32.5 Å². The minimum atomic E-state index is 0.635. The highest BCUT2D eigenvalue weighted by Crippen LogP contribution is 2.26. The van der Waals surface area contributed by atoms with Gasteiger partial charge in [0, 0.05) is 36.4 Å². The first-order chi connectivity index (χ1) is 9.15. The maximum atomic E-state index is 6.33. The normalized spacial score (nSPS) is 20.8. The molecule has 1 unspecified atom stereocenters. The molecule has 1 aromatic carbocycles. The number of rotatable bonds is 4. The van der Waals surface area contributed by atoms with Crippen molar-refractivity contribution in [2.45, 2.75) is 25.8 Å². The Bertz CT molecular complexity index is 422. The van der Waals surface area contributed by atoms with Crippen LogP contribution in [0.25, 0.3) is 0 Å². The van der Waals surface area contributed by atoms with E-state index in [0.29, 0.717) is 12.6 Å². The van der Waals surface area contributed by atoms with E-state index in [9.17, 15) is 0 Å². The molecule has 2 rings (SSSR count). The lowest BCUT2D eigenvalue weighted by Crippen LogP contribution is -2.51. The number of hydrogen-bond donors (Lipinski definition) is 1. The zero-order valence-electron chi connectivity index (χ0n) is 11.9. The lowest BCUT2D eigenvalue weighted by molar-refractivity contribution is 0.213. The summed E-state index contributed by atoms with van der Waals surface area (Å²) >= 11 is 6.33. The van der Waals surface area contributed by atoms with Gasteiger partial charge in [-0.1, -0.05) is 24.6 Å². The van der Waals surface area contributed by atoms with Crippen LogP contribution in [0.15, 0.2) is 18.2 Å². The zero-order chi connectivity index (χ0) is 13.8. The summed E-state index contributed by atoms with van der Waals surface area (Å²) in [6.45, 7) is 6.16. The predicted octanol–water partition coefficient (Wildman–Crippen LogP) is 2.37. The van der Waals surface area contributed by atoms with Crippen molar-refractivity contribution in [3.05, 3.63) is 28.8 Å². The molecule has 1 saturated heterocycles. The Hall–Kier alpha value is -0.770. The van der Waals surface area contributed by atoms with E-state index in [4.69, 9.17) is 17.3 Å². The van der Waals surface area contributed by atoms with Crippen LogP contribution in [0.3, 0.4) is 0 Å². The summed E-state index contributed by atoms with van der Waals surface area (Å²) in [4.78, 5) is 4.88. The maximum absolute atomic E-state index is 6.33. The first kappa shape index (κ1) is 14.6. The molecular formula is C15H24ClN3. The van der Waals surface area contributed by atoms with Gasteiger partial charge in [-0.15, -0.1) is 0 Å². The van der Waals surface area contributed by atoms with E-state index in [1.807, 2.05) is 0 Å². The third kappa shape index (κ3) is 3.41. The number of benzene rings is 1. The highest BCUT2D eigenvalue weighted by molar-refractivity contribution is 6.31. The van der Waals surface area contributed by atoms with Crippen LogP contribution >= 0.6 is 11.6 Å². The summed E-state index contributed by atoms with van der Waals surface area (Å²) in [6, 6.07) is 7.01. The molecule has 1 heterocycles. The van der Waals surface area contributed by atoms with Gasteiger partial charge in [-0.3, -0.25) is 4.90 Å². The van der Waals surface area contributed by atoms with Crippen molar-refractivity contribution in [1.29, 1.82) is 0 Å². The van der Waals surface area contributed by atoms with Gasteiger partial charge in [-0.2, -0.15) is 0 Å². The molecule has 0 amide bonds. The number of nitrogens with two attached hydrogens (primary N) is 1. The summed E-state index contributed by atoms with van der Waals surface area (Å²) in [5.41, 5.74) is 7.97. The molecule has 0 bridgehead atoms. The fourth-order valence-electron chi connectivity index (χ4n) is 2.71. The van der Waals surface area contributed by atoms with E-state index in [1.165, 1.54) is 12.1 Å². The van der Waals surface area contributed by atoms with Gasteiger partial charge in [-0.05, 0) is 44.1 Å². The first-order valence-corrected chi connectivity index (χ1v) is 7.47. The Labute approximate surface area is 121 Å². The highest BCUT2D eigenvalue weighted by Gasteiger charge is 2.23. The lowest BCUT2D eigenvalue weighted by Gasteiger charge is -2.40. The second kappa shape index (κ2) is 6.60. The van der Waals surface area contributed by atoms with Gasteiger partial charge in [0.15, 0.2) is 0 Å². The Morgan fingerprint density at radius 1 is 1.37 bits per heavy atom. The van der Waals surface area contributed by atoms with E-state index in [-0.39, 0.29) is 0 Å². The molecule has 0 radical (unpaired) electrons. The number of halogens is 1. The average Bonchev–Trinajstić information content (AvgIpc) is 2.42. The maximum Gasteiger partial charge on any atom is 0.0459 e. The standard InChI is InChI=1S/C15H24ClN3/c1-3-13-11-19(9-8-18(13)2)14-5-4-12(6-7-17)15(16)10-14/h4-5,10,13H,3,6-9,11,17H2,1-2H3. The highest BCUT2D eigenvalue weighted by atomic mass is 35.5. The molecular weight excluding hydrogens is 258 g/mol. The predicted molar refractivity (Wildman–Crippen MR) is 83.1 cm³/mol. The molecule has 1 aliphatic heterocycles. The second-order valence-electron chi connectivity index (χ2n) is 5.30. The number of anilines is 1. The fraction of sp³-hybridized carbons (Fsp3) is 0.600. The average molecular weight is 282 g/mol. The SMILES string of the molecule is CCC1CN(c2ccc(CCN)c(Cl)c2)CCN1C. The minimum Gasteiger partial charge on any atom is -0.369 e. The molecule has 2 N–H and O–H groups in total. The molecule has 0 spiro atoms. The molecule has 0 aromatic heterocycles. The monoisotopic (exact) mass is 281 g/mol. The van der Waals surface area contributed by atoms with Crippen LogP contribution in [-0.2, 0) is 6.42 Å². The molecule has 1 fully saturated rings. The molecule has 1 aliphatic rings. The Morgan fingerprint density at radius 3 is 2.79 bits per heavy atom. The third-order valence-electron chi connectivity index (χ3n) is 4.06. The van der Waals surface area contributed by atoms with E-state index < -0.39 is 0 Å². The van der Waals surface area contributed by atoms with Gasteiger partial charge in [0.1, 0.15) is 0 Å². The molecule has 0 saturated carbocycles. The fourth-order valence-corrected chi connectivity index (χ4v) is 2.98. The molecule has 106 valence electrons. The summed E-state index contributed by atoms with van der Waals surface area (Å²) in [5, 5.41) is 0.843. The molecule has 3 nitrogen and oxygen atoms in total. The molecule has 19 heavy (non-hydrogen) atoms. The molecule has 1 aromatic rings. The largest absolute Gasteiger partial charge is 0.369 e. The second-order valence-corrected chi connectivity index (χ2v) is 5.71. The van der Waals surface area contributed by atoms with E-state index in [1.54, 1.807) is 0 Å². The van der Waals surface area contributed by atoms with Gasteiger partial charge >= 0.3 is 0 Å². The van der Waals surface area contributed by atoms with Crippen LogP contribution in [-0.4, -0.2) is 44.2 Å². The summed E-state index contributed by atoms with van der Waals surface area (Å²) < 4.78 is 0. The molecule has 0 aliphatic carbocycles. The van der Waals surface area contributed by atoms with Crippen molar-refractivity contribution in [1.82, 2.24) is 4.90 Å². The Kier molecular flexibility index (Phi) is 5.08. The lowest BCUT2D eigenvalue weighted by atomic mass is 10.1. The summed E-state index contributed by atoms with van der Waals surface area (Å²) in [7, 11) is 2.21. The van der Waals surface area contributed by atoms with Crippen LogP contribution in [0.5, 0.6) is 0 Å². The van der Waals surface area contributed by atoms with E-state index >= 15 is 0 Å². The van der Waals surface area contributed by atoms with Crippen molar-refractivity contribution < 1.29 is 0 Å².